The third kappa shape index (κ3) is 52.9. The Hall–Kier alpha value is -3.18. The van der Waals surface area contributed by atoms with Gasteiger partial charge in [0.2, 0.25) is 0 Å². The molecule has 0 bridgehead atoms. The number of rotatable bonds is 4. The van der Waals surface area contributed by atoms with Gasteiger partial charge in [-0.3, -0.25) is 0 Å². The monoisotopic (exact) mass is 260 g/mol. The number of aliphatic carboxylic acids is 2. The Balaban J connectivity index is -0.000000197. The normalized spacial score (nSPS) is 9.11. The van der Waals surface area contributed by atoms with Gasteiger partial charge in [-0.05, 0) is 0 Å². The molecule has 0 aliphatic rings. The highest BCUT2D eigenvalue weighted by atomic mass is 16.4. The second kappa shape index (κ2) is 19.4. The van der Waals surface area contributed by atoms with Gasteiger partial charge in [-0.2, -0.15) is 10.2 Å². The number of nitrogens with two attached hydrogens (primary N) is 2. The van der Waals surface area contributed by atoms with Gasteiger partial charge in [0, 0.05) is 12.2 Å². The van der Waals surface area contributed by atoms with Crippen LogP contribution >= 0.6 is 0 Å². The molecule has 0 aromatic heterocycles. The third-order valence-electron chi connectivity index (χ3n) is 0.617. The standard InChI is InChI=1S/C4H4O4.2CH4N4/c5-3(6)1-2-4(7)8;2*2-4-1-5-3/h1-2H,(H,5,6)(H,7,8);2*1-2H,3H2/b2-1+;;. The van der Waals surface area contributed by atoms with Crippen LogP contribution in [0.1, 0.15) is 0 Å². The van der Waals surface area contributed by atoms with Crippen molar-refractivity contribution in [1.82, 2.24) is 0 Å². The summed E-state index contributed by atoms with van der Waals surface area (Å²) < 4.78 is 0. The molecule has 0 aromatic rings. The SMILES string of the molecule is N=NC=NN.N=NC=NN.O=C(O)/C=C/C(=O)O. The largest absolute Gasteiger partial charge is 0.478 e. The lowest BCUT2D eigenvalue weighted by molar-refractivity contribution is -0.134. The fourth-order valence-electron chi connectivity index (χ4n) is 0.209. The average molecular weight is 260 g/mol. The van der Waals surface area contributed by atoms with Gasteiger partial charge in [0.05, 0.1) is 0 Å². The van der Waals surface area contributed by atoms with E-state index in [1.54, 1.807) is 0 Å². The molecule has 0 heterocycles. The van der Waals surface area contributed by atoms with E-state index in [-0.39, 0.29) is 0 Å². The number of carboxylic acids is 2. The maximum Gasteiger partial charge on any atom is 0.328 e. The number of hydrazone groups is 2. The molecular formula is C6H12N8O4. The Bertz CT molecular complexity index is 304. The first-order chi connectivity index (χ1) is 8.45. The zero-order valence-corrected chi connectivity index (χ0v) is 8.96. The minimum absolute atomic E-state index is 0.558. The molecule has 0 aromatic carbocycles. The Labute approximate surface area is 101 Å². The molecule has 8 N–H and O–H groups in total. The summed E-state index contributed by atoms with van der Waals surface area (Å²) in [4.78, 5) is 19.1. The molecule has 0 aliphatic heterocycles. The number of hydrogen-bond acceptors (Lipinski definition) is 8. The van der Waals surface area contributed by atoms with E-state index in [1.807, 2.05) is 0 Å². The Morgan fingerprint density at radius 2 is 1.17 bits per heavy atom. The number of nitrogens with zero attached hydrogens (tertiary/aromatic N) is 4. The Morgan fingerprint density at radius 3 is 1.22 bits per heavy atom. The first kappa shape index (κ1) is 20.3. The van der Waals surface area contributed by atoms with Crippen molar-refractivity contribution in [2.24, 2.45) is 32.1 Å². The predicted octanol–water partition coefficient (Wildman–Crippen LogP) is -0.449. The highest BCUT2D eigenvalue weighted by molar-refractivity contribution is 5.89. The van der Waals surface area contributed by atoms with E-state index in [0.29, 0.717) is 12.2 Å². The van der Waals surface area contributed by atoms with Gasteiger partial charge >= 0.3 is 11.9 Å². The van der Waals surface area contributed by atoms with Crippen molar-refractivity contribution in [2.45, 2.75) is 0 Å². The van der Waals surface area contributed by atoms with Gasteiger partial charge in [-0.1, -0.05) is 0 Å². The zero-order chi connectivity index (χ0) is 14.8. The Morgan fingerprint density at radius 1 is 0.889 bits per heavy atom. The number of carboxylic acid groups (broad SMARTS) is 2. The maximum atomic E-state index is 9.55. The van der Waals surface area contributed by atoms with E-state index in [0.717, 1.165) is 12.7 Å². The van der Waals surface area contributed by atoms with Crippen LogP contribution in [0.2, 0.25) is 0 Å². The van der Waals surface area contributed by atoms with Gasteiger partial charge in [-0.15, -0.1) is 10.2 Å². The Kier molecular flexibility index (Phi) is 21.8. The molecule has 0 saturated carbocycles. The van der Waals surface area contributed by atoms with Crippen LogP contribution in [0.15, 0.2) is 32.6 Å². The molecule has 0 amide bonds. The van der Waals surface area contributed by atoms with E-state index in [4.69, 9.17) is 21.3 Å². The van der Waals surface area contributed by atoms with Crippen molar-refractivity contribution in [3.8, 4) is 0 Å². The lowest BCUT2D eigenvalue weighted by Gasteiger charge is -1.74. The fourth-order valence-corrected chi connectivity index (χ4v) is 0.209. The summed E-state index contributed by atoms with van der Waals surface area (Å²) >= 11 is 0. The molecule has 0 fully saturated rings. The molecule has 0 aliphatic carbocycles. The molecule has 0 radical (unpaired) electrons. The summed E-state index contributed by atoms with van der Waals surface area (Å²) in [7, 11) is 0. The highest BCUT2D eigenvalue weighted by Crippen LogP contribution is 1.70. The number of hydrogen-bond donors (Lipinski definition) is 6. The second-order valence-corrected chi connectivity index (χ2v) is 1.80. The molecular weight excluding hydrogens is 248 g/mol. The van der Waals surface area contributed by atoms with Crippen LogP contribution in [0.4, 0.5) is 0 Å². The molecule has 0 atom stereocenters. The van der Waals surface area contributed by atoms with Crippen molar-refractivity contribution >= 4 is 24.6 Å². The quantitative estimate of drug-likeness (QED) is 0.0978. The van der Waals surface area contributed by atoms with Crippen molar-refractivity contribution < 1.29 is 19.8 Å². The fraction of sp³-hybridized carbons (Fsp3) is 0. The first-order valence-electron chi connectivity index (χ1n) is 3.76. The smallest absolute Gasteiger partial charge is 0.328 e. The van der Waals surface area contributed by atoms with Crippen LogP contribution in [0.3, 0.4) is 0 Å². The molecule has 0 unspecified atom stereocenters. The van der Waals surface area contributed by atoms with Crippen LogP contribution in [-0.2, 0) is 9.59 Å². The van der Waals surface area contributed by atoms with Gasteiger partial charge in [0.25, 0.3) is 0 Å². The summed E-state index contributed by atoms with van der Waals surface area (Å²) in [6, 6.07) is 0. The number of nitrogens with one attached hydrogen (secondary N) is 2. The van der Waals surface area contributed by atoms with E-state index in [9.17, 15) is 9.59 Å². The maximum absolute atomic E-state index is 9.55. The lowest BCUT2D eigenvalue weighted by Crippen LogP contribution is -1.91. The van der Waals surface area contributed by atoms with Crippen molar-refractivity contribution in [3.63, 3.8) is 0 Å². The van der Waals surface area contributed by atoms with Crippen LogP contribution in [-0.4, -0.2) is 34.8 Å². The van der Waals surface area contributed by atoms with Crippen molar-refractivity contribution in [3.05, 3.63) is 12.2 Å². The zero-order valence-electron chi connectivity index (χ0n) is 8.96. The first-order valence-corrected chi connectivity index (χ1v) is 3.76. The van der Waals surface area contributed by atoms with Gasteiger partial charge < -0.3 is 21.9 Å². The van der Waals surface area contributed by atoms with Gasteiger partial charge in [0.1, 0.15) is 0 Å². The highest BCUT2D eigenvalue weighted by Gasteiger charge is 1.88. The number of carbonyl (C=O) groups is 2. The molecule has 0 saturated heterocycles. The molecule has 12 nitrogen and oxygen atoms in total. The van der Waals surface area contributed by atoms with E-state index in [1.165, 1.54) is 0 Å². The summed E-state index contributed by atoms with van der Waals surface area (Å²) in [5, 5.41) is 26.7. The van der Waals surface area contributed by atoms with Crippen molar-refractivity contribution in [1.29, 1.82) is 11.1 Å². The van der Waals surface area contributed by atoms with Crippen LogP contribution in [0, 0.1) is 11.1 Å². The topological polar surface area (TPSA) is 224 Å². The summed E-state index contributed by atoms with van der Waals surface area (Å²) in [6.07, 6.45) is 3.00. The van der Waals surface area contributed by atoms with E-state index in [2.05, 4.69) is 32.1 Å². The van der Waals surface area contributed by atoms with E-state index >= 15 is 0 Å². The summed E-state index contributed by atoms with van der Waals surface area (Å²) in [5.74, 6) is 6.48. The van der Waals surface area contributed by atoms with Crippen LogP contribution in [0.25, 0.3) is 0 Å². The average Bonchev–Trinajstić information content (AvgIpc) is 2.30. The summed E-state index contributed by atoms with van der Waals surface area (Å²) in [6.45, 7) is 0. The van der Waals surface area contributed by atoms with E-state index < -0.39 is 11.9 Å². The third-order valence-corrected chi connectivity index (χ3v) is 0.617. The summed E-state index contributed by atoms with van der Waals surface area (Å²) in [5.41, 5.74) is 12.0. The van der Waals surface area contributed by atoms with Crippen LogP contribution in [0.5, 0.6) is 0 Å². The van der Waals surface area contributed by atoms with Crippen molar-refractivity contribution in [2.75, 3.05) is 0 Å². The minimum atomic E-state index is -1.26. The molecule has 18 heavy (non-hydrogen) atoms. The molecule has 0 spiro atoms. The minimum Gasteiger partial charge on any atom is -0.478 e. The van der Waals surface area contributed by atoms with Gasteiger partial charge in [-0.25, -0.2) is 20.7 Å². The molecule has 0 rings (SSSR count). The second-order valence-electron chi connectivity index (χ2n) is 1.80. The molecule has 12 heteroatoms. The van der Waals surface area contributed by atoms with Gasteiger partial charge in [0.15, 0.2) is 12.7 Å². The van der Waals surface area contributed by atoms with Crippen LogP contribution < -0.4 is 11.7 Å². The molecule has 100 valence electrons. The lowest BCUT2D eigenvalue weighted by atomic mass is 10.5. The predicted molar refractivity (Wildman–Crippen MR) is 60.1 cm³/mol.